The molecule has 21 heavy (non-hydrogen) atoms. The maximum Gasteiger partial charge on any atom is 0.246 e. The Morgan fingerprint density at radius 3 is 2.71 bits per heavy atom. The van der Waals surface area contributed by atoms with E-state index >= 15 is 0 Å². The number of rotatable bonds is 3. The molecular formula is C16H23N3O2. The zero-order chi connectivity index (χ0) is 15.6. The summed E-state index contributed by atoms with van der Waals surface area (Å²) in [6.45, 7) is 8.42. The molecule has 2 rings (SSSR count). The van der Waals surface area contributed by atoms with Gasteiger partial charge in [0.05, 0.1) is 12.2 Å². The van der Waals surface area contributed by atoms with Crippen molar-refractivity contribution in [2.45, 2.75) is 46.7 Å². The van der Waals surface area contributed by atoms with Crippen LogP contribution in [0.2, 0.25) is 0 Å². The van der Waals surface area contributed by atoms with Crippen LogP contribution in [0.4, 0.5) is 0 Å². The Hall–Kier alpha value is -1.91. The molecule has 0 spiro atoms. The van der Waals surface area contributed by atoms with Gasteiger partial charge in [-0.15, -0.1) is 0 Å². The predicted octanol–water partition coefficient (Wildman–Crippen LogP) is 1.52. The normalized spacial score (nSPS) is 19.6. The van der Waals surface area contributed by atoms with E-state index < -0.39 is 6.04 Å². The molecule has 1 unspecified atom stereocenters. The first-order valence-electron chi connectivity index (χ1n) is 7.34. The summed E-state index contributed by atoms with van der Waals surface area (Å²) < 4.78 is 0. The van der Waals surface area contributed by atoms with Crippen LogP contribution in [0.25, 0.3) is 0 Å². The number of carbonyl (C=O) groups is 2. The van der Waals surface area contributed by atoms with Gasteiger partial charge in [0.1, 0.15) is 12.6 Å². The van der Waals surface area contributed by atoms with E-state index in [-0.39, 0.29) is 23.8 Å². The van der Waals surface area contributed by atoms with Crippen molar-refractivity contribution < 1.29 is 9.59 Å². The Morgan fingerprint density at radius 1 is 1.38 bits per heavy atom. The molecule has 2 amide bonds. The van der Waals surface area contributed by atoms with E-state index in [1.165, 1.54) is 0 Å². The molecule has 1 fully saturated rings. The fourth-order valence-electron chi connectivity index (χ4n) is 2.54. The minimum atomic E-state index is -0.479. The first kappa shape index (κ1) is 15.5. The molecule has 1 aliphatic rings. The molecule has 0 aromatic carbocycles. The molecule has 114 valence electrons. The molecular weight excluding hydrogens is 266 g/mol. The second-order valence-corrected chi connectivity index (χ2v) is 6.52. The van der Waals surface area contributed by atoms with E-state index in [0.29, 0.717) is 6.54 Å². The number of hydrogen-bond donors (Lipinski definition) is 1. The van der Waals surface area contributed by atoms with Crippen molar-refractivity contribution in [1.29, 1.82) is 0 Å². The zero-order valence-electron chi connectivity index (χ0n) is 13.1. The largest absolute Gasteiger partial charge is 0.342 e. The van der Waals surface area contributed by atoms with Crippen LogP contribution in [0.5, 0.6) is 0 Å². The van der Waals surface area contributed by atoms with Gasteiger partial charge in [-0.05, 0) is 23.5 Å². The van der Waals surface area contributed by atoms with E-state index in [1.807, 2.05) is 32.9 Å². The van der Waals surface area contributed by atoms with Gasteiger partial charge in [-0.1, -0.05) is 33.8 Å². The number of carbonyl (C=O) groups excluding carboxylic acids is 2. The summed E-state index contributed by atoms with van der Waals surface area (Å²) in [5.74, 6) is -0.140. The van der Waals surface area contributed by atoms with Gasteiger partial charge in [0.2, 0.25) is 11.8 Å². The number of pyridine rings is 1. The lowest BCUT2D eigenvalue weighted by molar-refractivity contribution is -0.148. The highest BCUT2D eigenvalue weighted by atomic mass is 16.2. The van der Waals surface area contributed by atoms with Crippen molar-refractivity contribution in [3.8, 4) is 0 Å². The Balaban J connectivity index is 2.22. The first-order chi connectivity index (χ1) is 9.82. The van der Waals surface area contributed by atoms with E-state index in [0.717, 1.165) is 17.7 Å². The summed E-state index contributed by atoms with van der Waals surface area (Å²) in [5.41, 5.74) is 1.68. The molecule has 5 heteroatoms. The van der Waals surface area contributed by atoms with Crippen LogP contribution in [0.1, 0.15) is 39.0 Å². The summed E-state index contributed by atoms with van der Waals surface area (Å²) in [6.07, 6.45) is 2.59. The molecule has 1 aromatic rings. The van der Waals surface area contributed by atoms with Crippen molar-refractivity contribution in [1.82, 2.24) is 15.2 Å². The third-order valence-corrected chi connectivity index (χ3v) is 3.77. The number of piperazine rings is 1. The maximum absolute atomic E-state index is 12.6. The average molecular weight is 289 g/mol. The van der Waals surface area contributed by atoms with Gasteiger partial charge in [0.25, 0.3) is 0 Å². The van der Waals surface area contributed by atoms with Crippen LogP contribution < -0.4 is 5.32 Å². The summed E-state index contributed by atoms with van der Waals surface area (Å²) in [7, 11) is 0. The molecule has 1 aromatic heterocycles. The lowest BCUT2D eigenvalue weighted by Gasteiger charge is -2.38. The summed E-state index contributed by atoms with van der Waals surface area (Å²) in [4.78, 5) is 30.5. The van der Waals surface area contributed by atoms with Crippen molar-refractivity contribution in [2.75, 3.05) is 6.54 Å². The van der Waals surface area contributed by atoms with Gasteiger partial charge >= 0.3 is 0 Å². The zero-order valence-corrected chi connectivity index (χ0v) is 13.1. The lowest BCUT2D eigenvalue weighted by atomic mass is 9.84. The smallest absolute Gasteiger partial charge is 0.246 e. The third kappa shape index (κ3) is 3.40. The maximum atomic E-state index is 12.6. The molecule has 1 N–H and O–H groups in total. The number of hydrogen-bond acceptors (Lipinski definition) is 3. The minimum absolute atomic E-state index is 0.0326. The van der Waals surface area contributed by atoms with E-state index in [1.54, 1.807) is 11.1 Å². The summed E-state index contributed by atoms with van der Waals surface area (Å²) in [6, 6.07) is 3.43. The highest BCUT2D eigenvalue weighted by molar-refractivity contribution is 5.95. The summed E-state index contributed by atoms with van der Waals surface area (Å²) in [5, 5.41) is 2.80. The Morgan fingerprint density at radius 2 is 2.10 bits per heavy atom. The van der Waals surface area contributed by atoms with E-state index in [4.69, 9.17) is 0 Å². The molecule has 2 heterocycles. The molecule has 0 saturated carbocycles. The highest BCUT2D eigenvalue weighted by Gasteiger charge is 2.40. The highest BCUT2D eigenvalue weighted by Crippen LogP contribution is 2.24. The van der Waals surface area contributed by atoms with Gasteiger partial charge in [-0.3, -0.25) is 14.6 Å². The quantitative estimate of drug-likeness (QED) is 0.917. The third-order valence-electron chi connectivity index (χ3n) is 3.77. The van der Waals surface area contributed by atoms with Gasteiger partial charge in [0, 0.05) is 6.20 Å². The van der Waals surface area contributed by atoms with E-state index in [2.05, 4.69) is 17.2 Å². The first-order valence-corrected chi connectivity index (χ1v) is 7.34. The van der Waals surface area contributed by atoms with Crippen LogP contribution in [0.15, 0.2) is 18.3 Å². The molecule has 1 atom stereocenters. The van der Waals surface area contributed by atoms with Crippen molar-refractivity contribution in [2.24, 2.45) is 5.41 Å². The predicted molar refractivity (Wildman–Crippen MR) is 80.4 cm³/mol. The Bertz CT molecular complexity index is 549. The number of aryl methyl sites for hydroxylation is 1. The van der Waals surface area contributed by atoms with Crippen LogP contribution in [0.3, 0.4) is 0 Å². The molecule has 1 saturated heterocycles. The van der Waals surface area contributed by atoms with Gasteiger partial charge in [0.15, 0.2) is 0 Å². The van der Waals surface area contributed by atoms with Crippen LogP contribution >= 0.6 is 0 Å². The number of nitrogens with one attached hydrogen (secondary N) is 1. The van der Waals surface area contributed by atoms with Crippen LogP contribution in [-0.4, -0.2) is 34.3 Å². The second-order valence-electron chi connectivity index (χ2n) is 6.52. The molecule has 1 aliphatic heterocycles. The van der Waals surface area contributed by atoms with E-state index in [9.17, 15) is 9.59 Å². The van der Waals surface area contributed by atoms with Crippen LogP contribution in [0, 0.1) is 5.41 Å². The monoisotopic (exact) mass is 289 g/mol. The fourth-order valence-corrected chi connectivity index (χ4v) is 2.54. The Labute approximate surface area is 125 Å². The minimum Gasteiger partial charge on any atom is -0.342 e. The standard InChI is InChI=1S/C16H23N3O2/c1-5-11-7-6-8-17-12(11)9-19-10-13(20)18-14(15(19)21)16(2,3)4/h6-8,14H,5,9-10H2,1-4H3,(H,18,20). The van der Waals surface area contributed by atoms with Crippen molar-refractivity contribution >= 4 is 11.8 Å². The number of nitrogens with zero attached hydrogens (tertiary/aromatic N) is 2. The number of aromatic nitrogens is 1. The molecule has 0 bridgehead atoms. The van der Waals surface area contributed by atoms with Crippen LogP contribution in [-0.2, 0) is 22.6 Å². The summed E-state index contributed by atoms with van der Waals surface area (Å²) >= 11 is 0. The Kier molecular flexibility index (Phi) is 4.30. The van der Waals surface area contributed by atoms with Crippen molar-refractivity contribution in [3.05, 3.63) is 29.6 Å². The number of amides is 2. The molecule has 0 radical (unpaired) electrons. The van der Waals surface area contributed by atoms with Gasteiger partial charge < -0.3 is 10.2 Å². The fraction of sp³-hybridized carbons (Fsp3) is 0.562. The van der Waals surface area contributed by atoms with Gasteiger partial charge in [-0.2, -0.15) is 0 Å². The van der Waals surface area contributed by atoms with Crippen molar-refractivity contribution in [3.63, 3.8) is 0 Å². The topological polar surface area (TPSA) is 62.3 Å². The molecule has 5 nitrogen and oxygen atoms in total. The molecule has 0 aliphatic carbocycles. The average Bonchev–Trinajstić information content (AvgIpc) is 2.42. The lowest BCUT2D eigenvalue weighted by Crippen LogP contribution is -2.61. The second kappa shape index (κ2) is 5.84. The SMILES string of the molecule is CCc1cccnc1CN1CC(=O)NC(C(C)(C)C)C1=O. The van der Waals surface area contributed by atoms with Gasteiger partial charge in [-0.25, -0.2) is 0 Å².